The molecular formula is C10H21N3O2S. The first kappa shape index (κ1) is 12.3. The standard InChI is InChI=1S/C10H21N3O2S/c1-9-8-11-6-7-13(16(9,14)15)10-4-2-3-5-12-10/h9-12H,2-8H2,1H3. The third-order valence-electron chi connectivity index (χ3n) is 3.41. The molecule has 0 amide bonds. The van der Waals surface area contributed by atoms with E-state index in [0.29, 0.717) is 13.1 Å². The van der Waals surface area contributed by atoms with Crippen molar-refractivity contribution in [1.82, 2.24) is 14.9 Å². The van der Waals surface area contributed by atoms with E-state index >= 15 is 0 Å². The number of hydrogen-bond donors (Lipinski definition) is 2. The molecule has 0 aromatic carbocycles. The van der Waals surface area contributed by atoms with E-state index in [1.54, 1.807) is 11.2 Å². The lowest BCUT2D eigenvalue weighted by molar-refractivity contribution is 0.233. The van der Waals surface area contributed by atoms with Crippen molar-refractivity contribution < 1.29 is 8.42 Å². The highest BCUT2D eigenvalue weighted by atomic mass is 32.2. The lowest BCUT2D eigenvalue weighted by atomic mass is 10.1. The van der Waals surface area contributed by atoms with Crippen molar-refractivity contribution in [1.29, 1.82) is 0 Å². The average Bonchev–Trinajstić information content (AvgIpc) is 2.41. The molecular weight excluding hydrogens is 226 g/mol. The molecule has 2 unspecified atom stereocenters. The van der Waals surface area contributed by atoms with E-state index in [-0.39, 0.29) is 11.4 Å². The van der Waals surface area contributed by atoms with Crippen LogP contribution in [-0.2, 0) is 10.0 Å². The van der Waals surface area contributed by atoms with E-state index < -0.39 is 10.0 Å². The molecule has 2 saturated heterocycles. The molecule has 0 spiro atoms. The molecule has 0 aromatic rings. The Labute approximate surface area is 97.6 Å². The Morgan fingerprint density at radius 2 is 2.06 bits per heavy atom. The summed E-state index contributed by atoms with van der Waals surface area (Å²) in [5.74, 6) is 0. The zero-order valence-electron chi connectivity index (χ0n) is 9.78. The minimum absolute atomic E-state index is 0.0149. The largest absolute Gasteiger partial charge is 0.314 e. The van der Waals surface area contributed by atoms with Crippen LogP contribution < -0.4 is 10.6 Å². The Bertz CT molecular complexity index is 325. The lowest BCUT2D eigenvalue weighted by Gasteiger charge is -2.34. The van der Waals surface area contributed by atoms with Crippen molar-refractivity contribution in [3.63, 3.8) is 0 Å². The van der Waals surface area contributed by atoms with Gasteiger partial charge in [-0.25, -0.2) is 8.42 Å². The molecule has 0 saturated carbocycles. The maximum atomic E-state index is 12.3. The van der Waals surface area contributed by atoms with Gasteiger partial charge in [0.1, 0.15) is 0 Å². The van der Waals surface area contributed by atoms with Crippen LogP contribution in [0.1, 0.15) is 26.2 Å². The topological polar surface area (TPSA) is 61.4 Å². The summed E-state index contributed by atoms with van der Waals surface area (Å²) in [4.78, 5) is 0. The van der Waals surface area contributed by atoms with E-state index in [4.69, 9.17) is 0 Å². The van der Waals surface area contributed by atoms with Crippen LogP contribution in [0.3, 0.4) is 0 Å². The molecule has 16 heavy (non-hydrogen) atoms. The van der Waals surface area contributed by atoms with Gasteiger partial charge in [0.25, 0.3) is 0 Å². The number of nitrogens with zero attached hydrogens (tertiary/aromatic N) is 1. The van der Waals surface area contributed by atoms with Gasteiger partial charge in [0.2, 0.25) is 10.0 Å². The van der Waals surface area contributed by atoms with Crippen LogP contribution >= 0.6 is 0 Å². The van der Waals surface area contributed by atoms with Gasteiger partial charge in [-0.2, -0.15) is 4.31 Å². The predicted molar refractivity (Wildman–Crippen MR) is 63.6 cm³/mol. The Morgan fingerprint density at radius 1 is 1.25 bits per heavy atom. The molecule has 94 valence electrons. The Kier molecular flexibility index (Phi) is 3.84. The third kappa shape index (κ3) is 2.40. The summed E-state index contributed by atoms with van der Waals surface area (Å²) in [7, 11) is -3.13. The van der Waals surface area contributed by atoms with Gasteiger partial charge >= 0.3 is 0 Å². The third-order valence-corrected chi connectivity index (χ3v) is 5.68. The van der Waals surface area contributed by atoms with Gasteiger partial charge in [0.05, 0.1) is 11.4 Å². The summed E-state index contributed by atoms with van der Waals surface area (Å²) >= 11 is 0. The molecule has 2 fully saturated rings. The average molecular weight is 247 g/mol. The van der Waals surface area contributed by atoms with Crippen LogP contribution in [0.5, 0.6) is 0 Å². The molecule has 2 rings (SSSR count). The molecule has 2 aliphatic heterocycles. The van der Waals surface area contributed by atoms with Crippen molar-refractivity contribution in [2.24, 2.45) is 0 Å². The highest BCUT2D eigenvalue weighted by Crippen LogP contribution is 2.19. The monoisotopic (exact) mass is 247 g/mol. The fourth-order valence-electron chi connectivity index (χ4n) is 2.37. The first-order chi connectivity index (χ1) is 7.62. The summed E-state index contributed by atoms with van der Waals surface area (Å²) < 4.78 is 26.2. The van der Waals surface area contributed by atoms with Crippen LogP contribution in [0.15, 0.2) is 0 Å². The van der Waals surface area contributed by atoms with Crippen molar-refractivity contribution >= 4 is 10.0 Å². The summed E-state index contributed by atoms with van der Waals surface area (Å²) in [6, 6.07) is 0. The summed E-state index contributed by atoms with van der Waals surface area (Å²) in [6.45, 7) is 4.61. The van der Waals surface area contributed by atoms with Gasteiger partial charge in [0, 0.05) is 19.6 Å². The number of hydrogen-bond acceptors (Lipinski definition) is 4. The maximum absolute atomic E-state index is 12.3. The first-order valence-electron chi connectivity index (χ1n) is 6.07. The van der Waals surface area contributed by atoms with Crippen molar-refractivity contribution in [2.75, 3.05) is 26.2 Å². The van der Waals surface area contributed by atoms with Crippen LogP contribution in [0, 0.1) is 0 Å². The molecule has 2 N–H and O–H groups in total. The Balaban J connectivity index is 2.16. The van der Waals surface area contributed by atoms with Gasteiger partial charge in [0.15, 0.2) is 0 Å². The van der Waals surface area contributed by atoms with E-state index in [1.165, 1.54) is 0 Å². The zero-order valence-corrected chi connectivity index (χ0v) is 10.6. The smallest absolute Gasteiger partial charge is 0.219 e. The quantitative estimate of drug-likeness (QED) is 0.668. The molecule has 2 atom stereocenters. The van der Waals surface area contributed by atoms with Crippen LogP contribution in [0.25, 0.3) is 0 Å². The van der Waals surface area contributed by atoms with Crippen LogP contribution in [0.4, 0.5) is 0 Å². The minimum Gasteiger partial charge on any atom is -0.314 e. The molecule has 0 radical (unpaired) electrons. The second-order valence-electron chi connectivity index (χ2n) is 4.64. The van der Waals surface area contributed by atoms with E-state index in [9.17, 15) is 8.42 Å². The maximum Gasteiger partial charge on any atom is 0.219 e. The number of piperidine rings is 1. The van der Waals surface area contributed by atoms with E-state index in [0.717, 1.165) is 32.4 Å². The van der Waals surface area contributed by atoms with Gasteiger partial charge in [-0.1, -0.05) is 0 Å². The number of sulfonamides is 1. The lowest BCUT2D eigenvalue weighted by Crippen LogP contribution is -2.53. The molecule has 5 nitrogen and oxygen atoms in total. The van der Waals surface area contributed by atoms with Crippen molar-refractivity contribution in [3.05, 3.63) is 0 Å². The second-order valence-corrected chi connectivity index (χ2v) is 6.94. The highest BCUT2D eigenvalue weighted by Gasteiger charge is 2.35. The molecule has 0 aromatic heterocycles. The van der Waals surface area contributed by atoms with E-state index in [1.807, 2.05) is 0 Å². The summed E-state index contributed by atoms with van der Waals surface area (Å²) in [6.07, 6.45) is 3.22. The molecule has 2 aliphatic rings. The highest BCUT2D eigenvalue weighted by molar-refractivity contribution is 7.89. The Morgan fingerprint density at radius 3 is 2.75 bits per heavy atom. The SMILES string of the molecule is CC1CNCCN(C2CCCCN2)S1(=O)=O. The molecule has 0 aliphatic carbocycles. The van der Waals surface area contributed by atoms with Crippen molar-refractivity contribution in [3.8, 4) is 0 Å². The second kappa shape index (κ2) is 5.00. The first-order valence-corrected chi connectivity index (χ1v) is 7.57. The van der Waals surface area contributed by atoms with Crippen LogP contribution in [-0.4, -0.2) is 50.3 Å². The van der Waals surface area contributed by atoms with Crippen LogP contribution in [0.2, 0.25) is 0 Å². The Hall–Kier alpha value is -0.170. The fourth-order valence-corrected chi connectivity index (χ4v) is 4.04. The van der Waals surface area contributed by atoms with E-state index in [2.05, 4.69) is 10.6 Å². The zero-order chi connectivity index (χ0) is 11.6. The molecule has 6 heteroatoms. The normalized spacial score (nSPS) is 36.8. The van der Waals surface area contributed by atoms with Crippen molar-refractivity contribution in [2.45, 2.75) is 37.6 Å². The fraction of sp³-hybridized carbons (Fsp3) is 1.00. The summed E-state index contributed by atoms with van der Waals surface area (Å²) in [5, 5.41) is 6.16. The van der Waals surface area contributed by atoms with Gasteiger partial charge in [-0.15, -0.1) is 0 Å². The molecule has 0 bridgehead atoms. The van der Waals surface area contributed by atoms with Gasteiger partial charge < -0.3 is 10.6 Å². The molecule has 2 heterocycles. The van der Waals surface area contributed by atoms with Gasteiger partial charge in [-0.05, 0) is 32.7 Å². The number of nitrogens with one attached hydrogen (secondary N) is 2. The minimum atomic E-state index is -3.13. The summed E-state index contributed by atoms with van der Waals surface area (Å²) in [5.41, 5.74) is 0. The predicted octanol–water partition coefficient (Wildman–Crippen LogP) is -0.290. The number of rotatable bonds is 1. The van der Waals surface area contributed by atoms with Gasteiger partial charge in [-0.3, -0.25) is 0 Å².